The number of anilines is 2. The van der Waals surface area contributed by atoms with E-state index in [1.165, 1.54) is 0 Å². The molecule has 8 nitrogen and oxygen atoms in total. The Balaban J connectivity index is 1.55. The quantitative estimate of drug-likeness (QED) is 0.718. The number of hydrogen-bond donors (Lipinski definition) is 0. The monoisotopic (exact) mass is 324 g/mol. The topological polar surface area (TPSA) is 75.9 Å². The molecule has 0 aromatic carbocycles. The van der Waals surface area contributed by atoms with E-state index in [-0.39, 0.29) is 0 Å². The van der Waals surface area contributed by atoms with Crippen molar-refractivity contribution in [2.24, 2.45) is 0 Å². The van der Waals surface area contributed by atoms with Gasteiger partial charge in [0.2, 0.25) is 5.95 Å². The van der Waals surface area contributed by atoms with Gasteiger partial charge in [0.05, 0.1) is 6.33 Å². The van der Waals surface area contributed by atoms with Crippen LogP contribution < -0.4 is 9.80 Å². The zero-order valence-corrected chi connectivity index (χ0v) is 13.9. The van der Waals surface area contributed by atoms with Crippen LogP contribution in [-0.4, -0.2) is 55.7 Å². The summed E-state index contributed by atoms with van der Waals surface area (Å²) in [6, 6.07) is 1.92. The molecule has 24 heavy (non-hydrogen) atoms. The zero-order chi connectivity index (χ0) is 16.5. The van der Waals surface area contributed by atoms with Gasteiger partial charge in [0.1, 0.15) is 6.33 Å². The molecule has 0 bridgehead atoms. The van der Waals surface area contributed by atoms with Crippen LogP contribution in [-0.2, 0) is 6.54 Å². The molecule has 1 saturated heterocycles. The van der Waals surface area contributed by atoms with Crippen LogP contribution in [0.3, 0.4) is 0 Å². The van der Waals surface area contributed by atoms with Crippen molar-refractivity contribution in [2.45, 2.75) is 20.4 Å². The highest BCUT2D eigenvalue weighted by Gasteiger charge is 2.22. The van der Waals surface area contributed by atoms with Crippen LogP contribution in [0.4, 0.5) is 11.8 Å². The van der Waals surface area contributed by atoms with Crippen molar-refractivity contribution in [2.75, 3.05) is 36.0 Å². The second kappa shape index (κ2) is 6.03. The maximum Gasteiger partial charge on any atom is 0.225 e. The summed E-state index contributed by atoms with van der Waals surface area (Å²) in [5.41, 5.74) is 2.76. The van der Waals surface area contributed by atoms with E-state index in [1.54, 1.807) is 6.33 Å². The Kier molecular flexibility index (Phi) is 3.72. The van der Waals surface area contributed by atoms with Gasteiger partial charge in [0, 0.05) is 44.6 Å². The van der Waals surface area contributed by atoms with E-state index in [4.69, 9.17) is 0 Å². The van der Waals surface area contributed by atoms with Gasteiger partial charge < -0.3 is 14.4 Å². The van der Waals surface area contributed by atoms with E-state index >= 15 is 0 Å². The first-order valence-electron chi connectivity index (χ1n) is 8.21. The fourth-order valence-corrected chi connectivity index (χ4v) is 3.04. The van der Waals surface area contributed by atoms with Crippen molar-refractivity contribution in [3.05, 3.63) is 30.6 Å². The third-order valence-corrected chi connectivity index (χ3v) is 4.37. The fraction of sp³-hybridized carbons (Fsp3) is 0.438. The van der Waals surface area contributed by atoms with Crippen molar-refractivity contribution in [1.29, 1.82) is 0 Å². The lowest BCUT2D eigenvalue weighted by atomic mass is 10.3. The summed E-state index contributed by atoms with van der Waals surface area (Å²) < 4.78 is 2.04. The zero-order valence-electron chi connectivity index (χ0n) is 13.9. The first-order chi connectivity index (χ1) is 11.8. The molecule has 0 amide bonds. The Labute approximate surface area is 140 Å². The summed E-state index contributed by atoms with van der Waals surface area (Å²) in [7, 11) is 0. The maximum atomic E-state index is 4.51. The second-order valence-corrected chi connectivity index (χ2v) is 5.87. The average molecular weight is 324 g/mol. The van der Waals surface area contributed by atoms with E-state index in [1.807, 2.05) is 30.1 Å². The Morgan fingerprint density at radius 1 is 1.00 bits per heavy atom. The van der Waals surface area contributed by atoms with Crippen molar-refractivity contribution in [3.8, 4) is 0 Å². The molecule has 4 heterocycles. The van der Waals surface area contributed by atoms with Crippen molar-refractivity contribution >= 4 is 22.9 Å². The molecule has 1 aliphatic heterocycles. The van der Waals surface area contributed by atoms with E-state index in [0.29, 0.717) is 0 Å². The molecule has 3 aromatic heterocycles. The molecule has 0 N–H and O–H groups in total. The van der Waals surface area contributed by atoms with Crippen LogP contribution in [0.5, 0.6) is 0 Å². The van der Waals surface area contributed by atoms with Gasteiger partial charge >= 0.3 is 0 Å². The number of fused-ring (bicyclic) bond motifs is 1. The van der Waals surface area contributed by atoms with Gasteiger partial charge in [-0.25, -0.2) is 24.9 Å². The van der Waals surface area contributed by atoms with Crippen LogP contribution in [0.25, 0.3) is 11.2 Å². The lowest BCUT2D eigenvalue weighted by Gasteiger charge is -2.35. The minimum atomic E-state index is 0.803. The van der Waals surface area contributed by atoms with E-state index in [9.17, 15) is 0 Å². The Morgan fingerprint density at radius 2 is 1.79 bits per heavy atom. The van der Waals surface area contributed by atoms with Gasteiger partial charge in [-0.3, -0.25) is 0 Å². The van der Waals surface area contributed by atoms with Crippen molar-refractivity contribution in [3.63, 3.8) is 0 Å². The highest BCUT2D eigenvalue weighted by molar-refractivity contribution is 5.83. The number of piperazine rings is 1. The van der Waals surface area contributed by atoms with Gasteiger partial charge in [-0.15, -0.1) is 0 Å². The highest BCUT2D eigenvalue weighted by atomic mass is 15.3. The molecule has 0 atom stereocenters. The Bertz CT molecular complexity index is 850. The van der Waals surface area contributed by atoms with Crippen LogP contribution in [0.2, 0.25) is 0 Å². The van der Waals surface area contributed by atoms with Crippen molar-refractivity contribution < 1.29 is 0 Å². The lowest BCUT2D eigenvalue weighted by molar-refractivity contribution is 0.634. The Morgan fingerprint density at radius 3 is 2.54 bits per heavy atom. The Hall–Kier alpha value is -2.77. The minimum Gasteiger partial charge on any atom is -0.351 e. The first-order valence-corrected chi connectivity index (χ1v) is 8.21. The molecule has 1 aliphatic rings. The number of hydrogen-bond acceptors (Lipinski definition) is 7. The molecule has 3 aromatic rings. The van der Waals surface area contributed by atoms with Crippen LogP contribution >= 0.6 is 0 Å². The average Bonchev–Trinajstić information content (AvgIpc) is 3.05. The molecule has 0 spiro atoms. The number of aromatic nitrogens is 6. The number of imidazole rings is 1. The summed E-state index contributed by atoms with van der Waals surface area (Å²) in [5.74, 6) is 1.72. The van der Waals surface area contributed by atoms with Crippen LogP contribution in [0, 0.1) is 6.92 Å². The smallest absolute Gasteiger partial charge is 0.225 e. The van der Waals surface area contributed by atoms with Gasteiger partial charge in [0.25, 0.3) is 0 Å². The minimum absolute atomic E-state index is 0.803. The van der Waals surface area contributed by atoms with Gasteiger partial charge in [-0.1, -0.05) is 0 Å². The summed E-state index contributed by atoms with van der Waals surface area (Å²) in [4.78, 5) is 26.7. The third kappa shape index (κ3) is 2.53. The van der Waals surface area contributed by atoms with Gasteiger partial charge in [0.15, 0.2) is 17.0 Å². The molecule has 124 valence electrons. The van der Waals surface area contributed by atoms with E-state index in [0.717, 1.165) is 61.3 Å². The lowest BCUT2D eigenvalue weighted by Crippen LogP contribution is -2.47. The number of aryl methyl sites for hydroxylation is 2. The second-order valence-electron chi connectivity index (χ2n) is 5.87. The predicted octanol–water partition coefficient (Wildman–Crippen LogP) is 1.27. The van der Waals surface area contributed by atoms with E-state index in [2.05, 4.69) is 41.6 Å². The van der Waals surface area contributed by atoms with E-state index < -0.39 is 0 Å². The highest BCUT2D eigenvalue weighted by Crippen LogP contribution is 2.23. The summed E-state index contributed by atoms with van der Waals surface area (Å²) in [6.45, 7) is 8.38. The SMILES string of the molecule is CCn1cnc2c(N3CCN(c4nccc(C)n4)CC3)ncnc21. The molecule has 1 fully saturated rings. The molecule has 0 unspecified atom stereocenters. The van der Waals surface area contributed by atoms with Crippen molar-refractivity contribution in [1.82, 2.24) is 29.5 Å². The molecular weight excluding hydrogens is 304 g/mol. The molecule has 0 aliphatic carbocycles. The predicted molar refractivity (Wildman–Crippen MR) is 92.2 cm³/mol. The standard InChI is InChI=1S/C16H20N8/c1-3-22-11-20-13-14(22)18-10-19-15(13)23-6-8-24(9-7-23)16-17-5-4-12(2)21-16/h4-5,10-11H,3,6-9H2,1-2H3. The van der Waals surface area contributed by atoms with Gasteiger partial charge in [-0.05, 0) is 19.9 Å². The maximum absolute atomic E-state index is 4.51. The summed E-state index contributed by atoms with van der Waals surface area (Å²) in [5, 5.41) is 0. The largest absolute Gasteiger partial charge is 0.351 e. The van der Waals surface area contributed by atoms with Crippen LogP contribution in [0.15, 0.2) is 24.9 Å². The van der Waals surface area contributed by atoms with Gasteiger partial charge in [-0.2, -0.15) is 0 Å². The molecule has 0 radical (unpaired) electrons. The first kappa shape index (κ1) is 14.8. The molecule has 0 saturated carbocycles. The third-order valence-electron chi connectivity index (χ3n) is 4.37. The molecule has 8 heteroatoms. The number of nitrogens with zero attached hydrogens (tertiary/aromatic N) is 8. The fourth-order valence-electron chi connectivity index (χ4n) is 3.04. The normalized spacial score (nSPS) is 15.2. The summed E-state index contributed by atoms with van der Waals surface area (Å²) >= 11 is 0. The molecular formula is C16H20N8. The van der Waals surface area contributed by atoms with Crippen LogP contribution in [0.1, 0.15) is 12.6 Å². The number of rotatable bonds is 3. The molecule has 4 rings (SSSR count). The summed E-state index contributed by atoms with van der Waals surface area (Å²) in [6.07, 6.45) is 5.27.